The normalized spacial score (nSPS) is 13.0. The standard InChI is InChI=1S/C23H20N2O5S/c26-23(24-18-10-11-21-22(16-18)30-14-13-29-21)19-8-4-5-9-20(19)25-31(27,28)15-12-17-6-2-1-3-7-17/h1-12,15-16,25H,13-14H2,(H,24,26). The number of hydrogen-bond donors (Lipinski definition) is 2. The van der Waals surface area contributed by atoms with Crippen molar-refractivity contribution in [3.8, 4) is 11.5 Å². The molecule has 2 N–H and O–H groups in total. The lowest BCUT2D eigenvalue weighted by atomic mass is 10.1. The van der Waals surface area contributed by atoms with Gasteiger partial charge in [0.05, 0.1) is 16.7 Å². The Bertz CT molecular complexity index is 1220. The number of fused-ring (bicyclic) bond motifs is 1. The molecular formula is C23H20N2O5S. The predicted octanol–water partition coefficient (Wildman–Crippen LogP) is 4.12. The van der Waals surface area contributed by atoms with Gasteiger partial charge in [0.15, 0.2) is 11.5 Å². The Balaban J connectivity index is 1.51. The maximum absolute atomic E-state index is 12.8. The highest BCUT2D eigenvalue weighted by Gasteiger charge is 2.17. The molecule has 0 saturated carbocycles. The summed E-state index contributed by atoms with van der Waals surface area (Å²) in [6.45, 7) is 0.913. The highest BCUT2D eigenvalue weighted by molar-refractivity contribution is 7.95. The number of hydrogen-bond acceptors (Lipinski definition) is 5. The topological polar surface area (TPSA) is 93.7 Å². The number of ether oxygens (including phenoxy) is 2. The van der Waals surface area contributed by atoms with Crippen LogP contribution < -0.4 is 19.5 Å². The van der Waals surface area contributed by atoms with Crippen molar-refractivity contribution in [2.75, 3.05) is 23.3 Å². The molecule has 0 aromatic heterocycles. The van der Waals surface area contributed by atoms with E-state index in [0.717, 1.165) is 11.0 Å². The van der Waals surface area contributed by atoms with Crippen LogP contribution in [0, 0.1) is 0 Å². The Hall–Kier alpha value is -3.78. The van der Waals surface area contributed by atoms with Crippen LogP contribution in [0.25, 0.3) is 6.08 Å². The SMILES string of the molecule is O=C(Nc1ccc2c(c1)OCCO2)c1ccccc1NS(=O)(=O)C=Cc1ccccc1. The molecule has 0 saturated heterocycles. The van der Waals surface area contributed by atoms with Crippen LogP contribution in [0.1, 0.15) is 15.9 Å². The van der Waals surface area contributed by atoms with Crippen molar-refractivity contribution < 1.29 is 22.7 Å². The van der Waals surface area contributed by atoms with Crippen molar-refractivity contribution in [3.63, 3.8) is 0 Å². The van der Waals surface area contributed by atoms with E-state index in [0.29, 0.717) is 30.4 Å². The van der Waals surface area contributed by atoms with E-state index in [1.54, 1.807) is 48.5 Å². The molecule has 0 bridgehead atoms. The molecule has 0 aliphatic carbocycles. The summed E-state index contributed by atoms with van der Waals surface area (Å²) in [4.78, 5) is 12.8. The maximum atomic E-state index is 12.8. The molecule has 7 nitrogen and oxygen atoms in total. The summed E-state index contributed by atoms with van der Waals surface area (Å²) in [6.07, 6.45) is 1.49. The minimum Gasteiger partial charge on any atom is -0.486 e. The van der Waals surface area contributed by atoms with Crippen LogP contribution in [-0.4, -0.2) is 27.5 Å². The molecule has 0 unspecified atom stereocenters. The van der Waals surface area contributed by atoms with E-state index in [4.69, 9.17) is 9.47 Å². The Morgan fingerprint density at radius 2 is 1.58 bits per heavy atom. The van der Waals surface area contributed by atoms with E-state index in [9.17, 15) is 13.2 Å². The summed E-state index contributed by atoms with van der Waals surface area (Å²) in [5.41, 5.74) is 1.62. The number of rotatable bonds is 6. The number of benzene rings is 3. The zero-order valence-corrected chi connectivity index (χ0v) is 17.3. The Morgan fingerprint density at radius 1 is 0.871 bits per heavy atom. The lowest BCUT2D eigenvalue weighted by Crippen LogP contribution is -2.18. The van der Waals surface area contributed by atoms with Crippen LogP contribution in [0.2, 0.25) is 0 Å². The summed E-state index contributed by atoms with van der Waals surface area (Å²) >= 11 is 0. The molecule has 0 fully saturated rings. The largest absolute Gasteiger partial charge is 0.486 e. The summed E-state index contributed by atoms with van der Waals surface area (Å²) in [6, 6.07) is 20.5. The first-order valence-corrected chi connectivity index (χ1v) is 11.1. The lowest BCUT2D eigenvalue weighted by molar-refractivity contribution is 0.102. The van der Waals surface area contributed by atoms with Crippen molar-refractivity contribution in [2.45, 2.75) is 0 Å². The fraction of sp³-hybridized carbons (Fsp3) is 0.0870. The minimum atomic E-state index is -3.82. The first kappa shape index (κ1) is 20.5. The molecule has 0 radical (unpaired) electrons. The molecule has 3 aromatic carbocycles. The van der Waals surface area contributed by atoms with Crippen molar-refractivity contribution in [3.05, 3.63) is 89.3 Å². The van der Waals surface area contributed by atoms with Crippen LogP contribution in [0.4, 0.5) is 11.4 Å². The number of sulfonamides is 1. The van der Waals surface area contributed by atoms with Crippen LogP contribution in [0.3, 0.4) is 0 Å². The molecule has 1 heterocycles. The molecule has 158 valence electrons. The van der Waals surface area contributed by atoms with E-state index in [-0.39, 0.29) is 11.3 Å². The maximum Gasteiger partial charge on any atom is 0.257 e. The molecular weight excluding hydrogens is 416 g/mol. The average molecular weight is 436 g/mol. The third-order valence-electron chi connectivity index (χ3n) is 4.46. The summed E-state index contributed by atoms with van der Waals surface area (Å²) in [5.74, 6) is 0.703. The molecule has 0 atom stereocenters. The van der Waals surface area contributed by atoms with Gasteiger partial charge in [-0.05, 0) is 35.9 Å². The molecule has 8 heteroatoms. The van der Waals surface area contributed by atoms with E-state index >= 15 is 0 Å². The molecule has 1 aliphatic heterocycles. The Morgan fingerprint density at radius 3 is 2.39 bits per heavy atom. The Labute approximate surface area is 180 Å². The number of anilines is 2. The van der Waals surface area contributed by atoms with Crippen molar-refractivity contribution >= 4 is 33.4 Å². The molecule has 1 amide bonds. The molecule has 3 aromatic rings. The van der Waals surface area contributed by atoms with Gasteiger partial charge < -0.3 is 14.8 Å². The van der Waals surface area contributed by atoms with Gasteiger partial charge >= 0.3 is 0 Å². The number of amides is 1. The number of carbonyl (C=O) groups is 1. The van der Waals surface area contributed by atoms with E-state index in [2.05, 4.69) is 10.0 Å². The predicted molar refractivity (Wildman–Crippen MR) is 120 cm³/mol. The van der Waals surface area contributed by atoms with Crippen LogP contribution >= 0.6 is 0 Å². The molecule has 4 rings (SSSR count). The number of nitrogens with one attached hydrogen (secondary N) is 2. The second kappa shape index (κ2) is 8.93. The van der Waals surface area contributed by atoms with Crippen molar-refractivity contribution in [1.29, 1.82) is 0 Å². The number of carbonyl (C=O) groups excluding carboxylic acids is 1. The fourth-order valence-corrected chi connectivity index (χ4v) is 3.90. The van der Waals surface area contributed by atoms with Gasteiger partial charge in [0, 0.05) is 11.8 Å². The highest BCUT2D eigenvalue weighted by Crippen LogP contribution is 2.33. The smallest absolute Gasteiger partial charge is 0.257 e. The fourth-order valence-electron chi connectivity index (χ4n) is 3.01. The molecule has 1 aliphatic rings. The van der Waals surface area contributed by atoms with Gasteiger partial charge in [-0.2, -0.15) is 0 Å². The van der Waals surface area contributed by atoms with Gasteiger partial charge in [-0.25, -0.2) is 8.42 Å². The summed E-state index contributed by atoms with van der Waals surface area (Å²) in [5, 5.41) is 3.83. The van der Waals surface area contributed by atoms with Crippen LogP contribution in [0.15, 0.2) is 78.2 Å². The monoisotopic (exact) mass is 436 g/mol. The summed E-state index contributed by atoms with van der Waals surface area (Å²) in [7, 11) is -3.82. The zero-order chi connectivity index (χ0) is 21.7. The van der Waals surface area contributed by atoms with Gasteiger partial charge in [-0.3, -0.25) is 9.52 Å². The van der Waals surface area contributed by atoms with E-state index < -0.39 is 15.9 Å². The highest BCUT2D eigenvalue weighted by atomic mass is 32.2. The van der Waals surface area contributed by atoms with E-state index in [1.807, 2.05) is 18.2 Å². The third-order valence-corrected chi connectivity index (χ3v) is 5.46. The first-order chi connectivity index (χ1) is 15.0. The van der Waals surface area contributed by atoms with Gasteiger partial charge in [-0.1, -0.05) is 42.5 Å². The third kappa shape index (κ3) is 5.23. The second-order valence-corrected chi connectivity index (χ2v) is 8.28. The van der Waals surface area contributed by atoms with Gasteiger partial charge in [-0.15, -0.1) is 0 Å². The summed E-state index contributed by atoms with van der Waals surface area (Å²) < 4.78 is 38.5. The number of para-hydroxylation sites is 1. The van der Waals surface area contributed by atoms with Gasteiger partial charge in [0.25, 0.3) is 15.9 Å². The van der Waals surface area contributed by atoms with Gasteiger partial charge in [0.2, 0.25) is 0 Å². The second-order valence-electron chi connectivity index (χ2n) is 6.72. The zero-order valence-electron chi connectivity index (χ0n) is 16.4. The van der Waals surface area contributed by atoms with E-state index in [1.165, 1.54) is 12.1 Å². The van der Waals surface area contributed by atoms with Crippen molar-refractivity contribution in [1.82, 2.24) is 0 Å². The lowest BCUT2D eigenvalue weighted by Gasteiger charge is -2.19. The van der Waals surface area contributed by atoms with Crippen molar-refractivity contribution in [2.24, 2.45) is 0 Å². The Kier molecular flexibility index (Phi) is 5.90. The molecule has 0 spiro atoms. The minimum absolute atomic E-state index is 0.176. The first-order valence-electron chi connectivity index (χ1n) is 9.56. The molecule has 31 heavy (non-hydrogen) atoms. The van der Waals surface area contributed by atoms with Crippen LogP contribution in [0.5, 0.6) is 11.5 Å². The average Bonchev–Trinajstić information content (AvgIpc) is 2.78. The quantitative estimate of drug-likeness (QED) is 0.606. The van der Waals surface area contributed by atoms with Gasteiger partial charge in [0.1, 0.15) is 13.2 Å². The van der Waals surface area contributed by atoms with Crippen LogP contribution in [-0.2, 0) is 10.0 Å².